The number of nitrogens with zero attached hydrogens (tertiary/aromatic N) is 1. The second-order valence-electron chi connectivity index (χ2n) is 3.17. The van der Waals surface area contributed by atoms with E-state index in [9.17, 15) is 4.79 Å². The lowest BCUT2D eigenvalue weighted by molar-refractivity contribution is 0.0663. The molecule has 0 aromatic carbocycles. The van der Waals surface area contributed by atoms with Crippen LogP contribution in [0.2, 0.25) is 0 Å². The first-order valence-electron chi connectivity index (χ1n) is 4.33. The molecule has 2 rings (SSSR count). The summed E-state index contributed by atoms with van der Waals surface area (Å²) in [6.07, 6.45) is 1.23. The molecule has 1 N–H and O–H groups in total. The number of aromatic nitrogens is 1. The number of rotatable bonds is 2. The molecule has 0 aliphatic heterocycles. The van der Waals surface area contributed by atoms with Gasteiger partial charge in [-0.25, -0.2) is 9.78 Å². The molecule has 0 unspecified atom stereocenters. The molecular formula is C10H9NO3S. The minimum atomic E-state index is -1.10. The van der Waals surface area contributed by atoms with Gasteiger partial charge in [0.15, 0.2) is 0 Å². The molecule has 2 aromatic heterocycles. The largest absolute Gasteiger partial charge is 0.475 e. The van der Waals surface area contributed by atoms with Gasteiger partial charge in [0.2, 0.25) is 11.7 Å². The van der Waals surface area contributed by atoms with Crippen LogP contribution in [0.5, 0.6) is 0 Å². The Hall–Kier alpha value is -1.62. The highest BCUT2D eigenvalue weighted by molar-refractivity contribution is 7.10. The third-order valence-electron chi connectivity index (χ3n) is 2.23. The molecule has 0 saturated carbocycles. The molecule has 0 amide bonds. The first-order valence-corrected chi connectivity index (χ1v) is 5.21. The number of oxazole rings is 1. The molecule has 0 bridgehead atoms. The molecule has 2 aromatic rings. The van der Waals surface area contributed by atoms with E-state index in [1.54, 1.807) is 11.3 Å². The van der Waals surface area contributed by atoms with Crippen LogP contribution in [-0.4, -0.2) is 16.1 Å². The van der Waals surface area contributed by atoms with E-state index >= 15 is 0 Å². The average molecular weight is 223 g/mol. The molecule has 15 heavy (non-hydrogen) atoms. The number of hydrogen-bond acceptors (Lipinski definition) is 4. The maximum atomic E-state index is 10.6. The van der Waals surface area contributed by atoms with Crippen molar-refractivity contribution < 1.29 is 14.3 Å². The second-order valence-corrected chi connectivity index (χ2v) is 4.25. The minimum Gasteiger partial charge on any atom is -0.475 e. The molecule has 2 heterocycles. The van der Waals surface area contributed by atoms with Gasteiger partial charge in [-0.05, 0) is 19.4 Å². The van der Waals surface area contributed by atoms with E-state index in [4.69, 9.17) is 9.52 Å². The molecule has 5 heteroatoms. The van der Waals surface area contributed by atoms with Gasteiger partial charge < -0.3 is 9.52 Å². The number of carbonyl (C=O) groups is 1. The zero-order valence-corrected chi connectivity index (χ0v) is 9.09. The highest BCUT2D eigenvalue weighted by Crippen LogP contribution is 2.29. The third-order valence-corrected chi connectivity index (χ3v) is 3.25. The van der Waals surface area contributed by atoms with Gasteiger partial charge in [-0.2, -0.15) is 0 Å². The molecular weight excluding hydrogens is 214 g/mol. The van der Waals surface area contributed by atoms with Crippen LogP contribution < -0.4 is 0 Å². The Morgan fingerprint density at radius 2 is 2.27 bits per heavy atom. The Morgan fingerprint density at radius 3 is 2.73 bits per heavy atom. The summed E-state index contributed by atoms with van der Waals surface area (Å²) in [5, 5.41) is 10.6. The lowest BCUT2D eigenvalue weighted by Crippen LogP contribution is -1.91. The van der Waals surface area contributed by atoms with Crippen molar-refractivity contribution in [3.05, 3.63) is 27.8 Å². The van der Waals surface area contributed by atoms with Gasteiger partial charge >= 0.3 is 5.97 Å². The van der Waals surface area contributed by atoms with E-state index in [0.717, 1.165) is 11.1 Å². The van der Waals surface area contributed by atoms with Crippen molar-refractivity contribution >= 4 is 17.3 Å². The van der Waals surface area contributed by atoms with Crippen molar-refractivity contribution in [2.75, 3.05) is 0 Å². The highest BCUT2D eigenvalue weighted by Gasteiger charge is 2.15. The summed E-state index contributed by atoms with van der Waals surface area (Å²) in [4.78, 5) is 15.7. The van der Waals surface area contributed by atoms with E-state index in [0.29, 0.717) is 5.89 Å². The van der Waals surface area contributed by atoms with Crippen LogP contribution >= 0.6 is 11.3 Å². The number of carboxylic acid groups (broad SMARTS) is 1. The predicted octanol–water partition coefficient (Wildman–Crippen LogP) is 2.72. The molecule has 0 aliphatic carbocycles. The fraction of sp³-hybridized carbons (Fsp3) is 0.200. The topological polar surface area (TPSA) is 63.3 Å². The Kier molecular flexibility index (Phi) is 2.32. The number of thiophene rings is 1. The second kappa shape index (κ2) is 3.51. The van der Waals surface area contributed by atoms with E-state index in [1.807, 2.05) is 19.2 Å². The quantitative estimate of drug-likeness (QED) is 0.850. The normalized spacial score (nSPS) is 10.5. The van der Waals surface area contributed by atoms with Gasteiger partial charge in [0.05, 0.1) is 11.8 Å². The summed E-state index contributed by atoms with van der Waals surface area (Å²) in [6.45, 7) is 3.97. The van der Waals surface area contributed by atoms with Crippen LogP contribution in [0.1, 0.15) is 21.0 Å². The summed E-state index contributed by atoms with van der Waals surface area (Å²) in [6, 6.07) is 0. The van der Waals surface area contributed by atoms with Crippen LogP contribution in [0.4, 0.5) is 0 Å². The first-order chi connectivity index (χ1) is 7.09. The molecule has 0 radical (unpaired) electrons. The Morgan fingerprint density at radius 1 is 1.53 bits per heavy atom. The molecule has 0 atom stereocenters. The lowest BCUT2D eigenvalue weighted by Gasteiger charge is -1.93. The van der Waals surface area contributed by atoms with Crippen LogP contribution in [0.25, 0.3) is 11.5 Å². The maximum Gasteiger partial charge on any atom is 0.373 e. The molecule has 0 spiro atoms. The van der Waals surface area contributed by atoms with Gasteiger partial charge in [-0.1, -0.05) is 0 Å². The van der Waals surface area contributed by atoms with Crippen molar-refractivity contribution in [3.63, 3.8) is 0 Å². The number of hydrogen-bond donors (Lipinski definition) is 1. The van der Waals surface area contributed by atoms with Crippen LogP contribution in [-0.2, 0) is 0 Å². The van der Waals surface area contributed by atoms with Crippen LogP contribution in [0, 0.1) is 13.8 Å². The fourth-order valence-corrected chi connectivity index (χ4v) is 2.08. The first kappa shape index (κ1) is 9.92. The smallest absolute Gasteiger partial charge is 0.373 e. The average Bonchev–Trinajstić information content (AvgIpc) is 2.76. The van der Waals surface area contributed by atoms with Crippen LogP contribution in [0.15, 0.2) is 16.0 Å². The fourth-order valence-electron chi connectivity index (χ4n) is 1.22. The van der Waals surface area contributed by atoms with E-state index in [-0.39, 0.29) is 5.76 Å². The van der Waals surface area contributed by atoms with Gasteiger partial charge in [-0.15, -0.1) is 11.3 Å². The number of aromatic carboxylic acids is 1. The monoisotopic (exact) mass is 223 g/mol. The lowest BCUT2D eigenvalue weighted by atomic mass is 10.2. The van der Waals surface area contributed by atoms with Crippen molar-refractivity contribution in [1.82, 2.24) is 4.98 Å². The standard InChI is InChI=1S/C10H9NO3S/c1-5-6(2)15-4-7(5)9-11-3-8(14-9)10(12)13/h3-4H,1-2H3,(H,12,13). The number of aryl methyl sites for hydroxylation is 1. The SMILES string of the molecule is Cc1scc(-c2ncc(C(=O)O)o2)c1C. The van der Waals surface area contributed by atoms with Gasteiger partial charge in [0, 0.05) is 10.3 Å². The summed E-state index contributed by atoms with van der Waals surface area (Å²) in [7, 11) is 0. The molecule has 78 valence electrons. The van der Waals surface area contributed by atoms with Crippen molar-refractivity contribution in [3.8, 4) is 11.5 Å². The molecule has 0 fully saturated rings. The van der Waals surface area contributed by atoms with Crippen molar-refractivity contribution in [2.45, 2.75) is 13.8 Å². The van der Waals surface area contributed by atoms with Crippen LogP contribution in [0.3, 0.4) is 0 Å². The Labute approximate surface area is 90.2 Å². The van der Waals surface area contributed by atoms with Crippen molar-refractivity contribution in [2.24, 2.45) is 0 Å². The zero-order valence-electron chi connectivity index (χ0n) is 8.27. The van der Waals surface area contributed by atoms with Gasteiger partial charge in [0.25, 0.3) is 0 Å². The third kappa shape index (κ3) is 1.66. The summed E-state index contributed by atoms with van der Waals surface area (Å²) in [5.74, 6) is -0.860. The van der Waals surface area contributed by atoms with E-state index in [2.05, 4.69) is 4.98 Å². The maximum absolute atomic E-state index is 10.6. The Bertz CT molecular complexity index is 512. The highest BCUT2D eigenvalue weighted by atomic mass is 32.1. The summed E-state index contributed by atoms with van der Waals surface area (Å²) < 4.78 is 5.12. The minimum absolute atomic E-state index is 0.131. The molecule has 4 nitrogen and oxygen atoms in total. The van der Waals surface area contributed by atoms with E-state index < -0.39 is 5.97 Å². The molecule has 0 aliphatic rings. The number of carboxylic acids is 1. The molecule has 0 saturated heterocycles. The van der Waals surface area contributed by atoms with E-state index in [1.165, 1.54) is 11.1 Å². The van der Waals surface area contributed by atoms with Crippen molar-refractivity contribution in [1.29, 1.82) is 0 Å². The van der Waals surface area contributed by atoms with Gasteiger partial charge in [-0.3, -0.25) is 0 Å². The predicted molar refractivity (Wildman–Crippen MR) is 56.2 cm³/mol. The zero-order chi connectivity index (χ0) is 11.0. The summed E-state index contributed by atoms with van der Waals surface area (Å²) in [5.41, 5.74) is 1.95. The Balaban J connectivity index is 2.46. The van der Waals surface area contributed by atoms with Gasteiger partial charge in [0.1, 0.15) is 0 Å². The summed E-state index contributed by atoms with van der Waals surface area (Å²) >= 11 is 1.60.